The van der Waals surface area contributed by atoms with E-state index in [0.29, 0.717) is 5.69 Å². The van der Waals surface area contributed by atoms with Gasteiger partial charge in [-0.25, -0.2) is 9.59 Å². The minimum absolute atomic E-state index is 0.412. The summed E-state index contributed by atoms with van der Waals surface area (Å²) in [5.41, 5.74) is 1.89. The van der Waals surface area contributed by atoms with Crippen LogP contribution in [0.3, 0.4) is 0 Å². The average Bonchev–Trinajstić information content (AvgIpc) is 2.35. The maximum Gasteiger partial charge on any atom is 0.412 e. The highest BCUT2D eigenvalue weighted by Gasteiger charge is 2.16. The quantitative estimate of drug-likeness (QED) is 0.683. The molecule has 1 N–H and O–H groups in total. The maximum atomic E-state index is 11.7. The van der Waals surface area contributed by atoms with Crippen molar-refractivity contribution in [3.05, 3.63) is 35.4 Å². The van der Waals surface area contributed by atoms with E-state index in [-0.39, 0.29) is 0 Å². The van der Waals surface area contributed by atoms with Gasteiger partial charge in [0.1, 0.15) is 5.60 Å². The molecule has 1 rings (SSSR count). The summed E-state index contributed by atoms with van der Waals surface area (Å²) >= 11 is 0. The number of rotatable bonds is 3. The van der Waals surface area contributed by atoms with E-state index < -0.39 is 17.7 Å². The van der Waals surface area contributed by atoms with Crippen LogP contribution in [0.1, 0.15) is 31.9 Å². The molecule has 0 atom stereocenters. The van der Waals surface area contributed by atoms with Gasteiger partial charge in [0.15, 0.2) is 0 Å². The zero-order valence-electron chi connectivity index (χ0n) is 13.0. The summed E-state index contributed by atoms with van der Waals surface area (Å²) in [5.74, 6) is -0.412. The molecule has 0 aliphatic rings. The molecule has 0 fully saturated rings. The predicted molar refractivity (Wildman–Crippen MR) is 82.1 cm³/mol. The Labute approximate surface area is 124 Å². The van der Waals surface area contributed by atoms with Crippen molar-refractivity contribution in [1.82, 2.24) is 0 Å². The van der Waals surface area contributed by atoms with E-state index in [1.807, 2.05) is 13.0 Å². The lowest BCUT2D eigenvalue weighted by Gasteiger charge is -2.19. The molecule has 0 radical (unpaired) electrons. The normalized spacial score (nSPS) is 11.3. The van der Waals surface area contributed by atoms with Crippen LogP contribution in [-0.2, 0) is 14.3 Å². The van der Waals surface area contributed by atoms with Gasteiger partial charge in [0.2, 0.25) is 0 Å². The van der Waals surface area contributed by atoms with Crippen molar-refractivity contribution in [2.75, 3.05) is 12.4 Å². The Morgan fingerprint density at radius 2 is 1.90 bits per heavy atom. The Morgan fingerprint density at radius 3 is 2.43 bits per heavy atom. The first-order chi connectivity index (χ1) is 9.71. The number of benzene rings is 1. The fourth-order valence-electron chi connectivity index (χ4n) is 1.59. The van der Waals surface area contributed by atoms with Crippen LogP contribution in [0.25, 0.3) is 6.08 Å². The maximum absolute atomic E-state index is 11.7. The first-order valence-corrected chi connectivity index (χ1v) is 6.58. The van der Waals surface area contributed by atoms with Crippen molar-refractivity contribution in [2.45, 2.75) is 33.3 Å². The van der Waals surface area contributed by atoms with Gasteiger partial charge in [-0.2, -0.15) is 0 Å². The summed E-state index contributed by atoms with van der Waals surface area (Å²) in [6.45, 7) is 7.30. The largest absolute Gasteiger partial charge is 0.466 e. The number of methoxy groups -OCH3 is 1. The highest BCUT2D eigenvalue weighted by molar-refractivity contribution is 5.88. The molecule has 0 aliphatic heterocycles. The van der Waals surface area contributed by atoms with Gasteiger partial charge in [0, 0.05) is 11.8 Å². The molecule has 1 amide bonds. The third-order valence-corrected chi connectivity index (χ3v) is 2.52. The lowest BCUT2D eigenvalue weighted by atomic mass is 10.1. The first kappa shape index (κ1) is 16.8. The van der Waals surface area contributed by atoms with Crippen LogP contribution in [0.15, 0.2) is 24.3 Å². The molecule has 114 valence electrons. The minimum atomic E-state index is -0.539. The third-order valence-electron chi connectivity index (χ3n) is 2.52. The molecular formula is C16H21NO4. The van der Waals surface area contributed by atoms with E-state index in [2.05, 4.69) is 10.1 Å². The van der Waals surface area contributed by atoms with E-state index in [1.54, 1.807) is 39.0 Å². The molecule has 0 aliphatic carbocycles. The Balaban J connectivity index is 2.76. The average molecular weight is 291 g/mol. The number of esters is 1. The molecule has 5 heteroatoms. The van der Waals surface area contributed by atoms with Crippen LogP contribution < -0.4 is 5.32 Å². The van der Waals surface area contributed by atoms with Crippen LogP contribution in [0, 0.1) is 6.92 Å². The lowest BCUT2D eigenvalue weighted by molar-refractivity contribution is -0.134. The number of aryl methyl sites for hydroxylation is 1. The SMILES string of the molecule is COC(=O)C=Cc1ccc(NC(=O)OC(C)(C)C)cc1C. The van der Waals surface area contributed by atoms with E-state index >= 15 is 0 Å². The van der Waals surface area contributed by atoms with Crippen molar-refractivity contribution in [3.8, 4) is 0 Å². The molecule has 0 saturated heterocycles. The van der Waals surface area contributed by atoms with Crippen LogP contribution >= 0.6 is 0 Å². The summed E-state index contributed by atoms with van der Waals surface area (Å²) in [7, 11) is 1.33. The van der Waals surface area contributed by atoms with Gasteiger partial charge in [-0.3, -0.25) is 5.32 Å². The summed E-state index contributed by atoms with van der Waals surface area (Å²) in [6, 6.07) is 5.36. The van der Waals surface area contributed by atoms with Crippen molar-refractivity contribution in [3.63, 3.8) is 0 Å². The van der Waals surface area contributed by atoms with Gasteiger partial charge in [-0.15, -0.1) is 0 Å². The molecular weight excluding hydrogens is 270 g/mol. The van der Waals surface area contributed by atoms with Gasteiger partial charge >= 0.3 is 12.1 Å². The number of hydrogen-bond donors (Lipinski definition) is 1. The van der Waals surface area contributed by atoms with Gasteiger partial charge in [-0.1, -0.05) is 6.07 Å². The van der Waals surface area contributed by atoms with Gasteiger partial charge in [0.05, 0.1) is 7.11 Å². The molecule has 21 heavy (non-hydrogen) atoms. The highest BCUT2D eigenvalue weighted by atomic mass is 16.6. The Morgan fingerprint density at radius 1 is 1.24 bits per heavy atom. The van der Waals surface area contributed by atoms with E-state index in [0.717, 1.165) is 11.1 Å². The van der Waals surface area contributed by atoms with Gasteiger partial charge < -0.3 is 9.47 Å². The number of amides is 1. The number of anilines is 1. The molecule has 0 bridgehead atoms. The third kappa shape index (κ3) is 6.12. The number of hydrogen-bond acceptors (Lipinski definition) is 4. The standard InChI is InChI=1S/C16H21NO4/c1-11-10-13(17-15(19)21-16(2,3)4)8-6-12(11)7-9-14(18)20-5/h6-10H,1-5H3,(H,17,19). The molecule has 1 aromatic carbocycles. The number of ether oxygens (including phenoxy) is 2. The first-order valence-electron chi connectivity index (χ1n) is 6.58. The fourth-order valence-corrected chi connectivity index (χ4v) is 1.59. The highest BCUT2D eigenvalue weighted by Crippen LogP contribution is 2.17. The molecule has 0 aromatic heterocycles. The van der Waals surface area contributed by atoms with E-state index in [4.69, 9.17) is 4.74 Å². The second-order valence-electron chi connectivity index (χ2n) is 5.55. The summed E-state index contributed by atoms with van der Waals surface area (Å²) < 4.78 is 9.72. The molecule has 0 unspecified atom stereocenters. The number of nitrogens with one attached hydrogen (secondary N) is 1. The van der Waals surface area contributed by atoms with Crippen molar-refractivity contribution in [2.24, 2.45) is 0 Å². The van der Waals surface area contributed by atoms with Crippen molar-refractivity contribution >= 4 is 23.8 Å². The minimum Gasteiger partial charge on any atom is -0.466 e. The van der Waals surface area contributed by atoms with E-state index in [1.165, 1.54) is 13.2 Å². The van der Waals surface area contributed by atoms with Crippen LogP contribution in [0.5, 0.6) is 0 Å². The molecule has 5 nitrogen and oxygen atoms in total. The van der Waals surface area contributed by atoms with Crippen LogP contribution in [0.4, 0.5) is 10.5 Å². The topological polar surface area (TPSA) is 64.6 Å². The van der Waals surface area contributed by atoms with Crippen LogP contribution in [0.2, 0.25) is 0 Å². The molecule has 0 saturated carbocycles. The smallest absolute Gasteiger partial charge is 0.412 e. The lowest BCUT2D eigenvalue weighted by Crippen LogP contribution is -2.27. The number of carbonyl (C=O) groups is 2. The summed E-state index contributed by atoms with van der Waals surface area (Å²) in [4.78, 5) is 22.7. The summed E-state index contributed by atoms with van der Waals surface area (Å²) in [6.07, 6.45) is 2.52. The van der Waals surface area contributed by atoms with Crippen molar-refractivity contribution < 1.29 is 19.1 Å². The second-order valence-corrected chi connectivity index (χ2v) is 5.55. The Bertz CT molecular complexity index is 556. The Hall–Kier alpha value is -2.30. The molecule has 0 spiro atoms. The number of carbonyl (C=O) groups excluding carboxylic acids is 2. The predicted octanol–water partition coefficient (Wildman–Crippen LogP) is 3.53. The second kappa shape index (κ2) is 6.92. The Kier molecular flexibility index (Phi) is 5.52. The van der Waals surface area contributed by atoms with Crippen molar-refractivity contribution in [1.29, 1.82) is 0 Å². The van der Waals surface area contributed by atoms with Crippen LogP contribution in [-0.4, -0.2) is 24.8 Å². The summed E-state index contributed by atoms with van der Waals surface area (Å²) in [5, 5.41) is 2.67. The fraction of sp³-hybridized carbons (Fsp3) is 0.375. The monoisotopic (exact) mass is 291 g/mol. The molecule has 0 heterocycles. The van der Waals surface area contributed by atoms with E-state index in [9.17, 15) is 9.59 Å². The van der Waals surface area contributed by atoms with Gasteiger partial charge in [-0.05, 0) is 57.0 Å². The van der Waals surface area contributed by atoms with Gasteiger partial charge in [0.25, 0.3) is 0 Å². The zero-order chi connectivity index (χ0) is 16.0. The molecule has 1 aromatic rings. The zero-order valence-corrected chi connectivity index (χ0v) is 13.0.